The first-order valence-corrected chi connectivity index (χ1v) is 16.7. The fourth-order valence-corrected chi connectivity index (χ4v) is 7.76. The number of rotatable bonds is 4. The van der Waals surface area contributed by atoms with Crippen molar-refractivity contribution in [2.75, 3.05) is 0 Å². The normalized spacial score (nSPS) is 11.2. The highest BCUT2D eigenvalue weighted by Crippen LogP contribution is 2.54. The summed E-state index contributed by atoms with van der Waals surface area (Å²) < 4.78 is 4.59. The van der Waals surface area contributed by atoms with Gasteiger partial charge in [-0.05, 0) is 60.5 Å². The Hall–Kier alpha value is -7.39. The molecule has 0 bridgehead atoms. The number of nitriles is 1. The summed E-state index contributed by atoms with van der Waals surface area (Å²) in [6.45, 7) is 18.4. The van der Waals surface area contributed by atoms with Gasteiger partial charge in [0.25, 0.3) is 0 Å². The molecular weight excluding hydrogens is 623 g/mol. The minimum Gasteiger partial charge on any atom is -0.309 e. The van der Waals surface area contributed by atoms with Crippen molar-refractivity contribution in [3.05, 3.63) is 180 Å². The number of para-hydroxylation sites is 4. The number of fused-ring (bicyclic) bond motifs is 6. The second-order valence-corrected chi connectivity index (χ2v) is 12.7. The van der Waals surface area contributed by atoms with Crippen molar-refractivity contribution in [3.8, 4) is 39.7 Å². The van der Waals surface area contributed by atoms with Crippen molar-refractivity contribution < 1.29 is 0 Å². The molecule has 0 saturated carbocycles. The molecule has 9 aromatic rings. The molecule has 236 valence electrons. The topological polar surface area (TPSA) is 42.4 Å². The smallest absolute Gasteiger partial charge is 0.195 e. The zero-order chi connectivity index (χ0) is 34.6. The van der Waals surface area contributed by atoms with Crippen LogP contribution in [-0.2, 0) is 0 Å². The molecule has 9 rings (SSSR count). The second kappa shape index (κ2) is 11.6. The first-order valence-electron chi connectivity index (χ1n) is 16.7. The predicted octanol–water partition coefficient (Wildman–Crippen LogP) is 12.5. The summed E-state index contributed by atoms with van der Waals surface area (Å²) in [6.07, 6.45) is 0. The van der Waals surface area contributed by atoms with Gasteiger partial charge in [0.1, 0.15) is 0 Å². The van der Waals surface area contributed by atoms with Gasteiger partial charge in [0, 0.05) is 44.0 Å². The molecule has 0 aliphatic heterocycles. The lowest BCUT2D eigenvalue weighted by atomic mass is 9.87. The quantitative estimate of drug-likeness (QED) is 0.175. The summed E-state index contributed by atoms with van der Waals surface area (Å²) >= 11 is 0. The predicted molar refractivity (Wildman–Crippen MR) is 208 cm³/mol. The Balaban J connectivity index is 1.72. The summed E-state index contributed by atoms with van der Waals surface area (Å²) in [4.78, 5) is 7.91. The van der Waals surface area contributed by atoms with Crippen molar-refractivity contribution in [1.82, 2.24) is 9.13 Å². The molecule has 0 N–H and O–H groups in total. The molecule has 0 spiro atoms. The van der Waals surface area contributed by atoms with E-state index in [1.165, 1.54) is 0 Å². The Morgan fingerprint density at radius 3 is 1.61 bits per heavy atom. The van der Waals surface area contributed by atoms with Gasteiger partial charge in [0.2, 0.25) is 0 Å². The monoisotopic (exact) mass is 649 g/mol. The van der Waals surface area contributed by atoms with E-state index in [0.29, 0.717) is 22.5 Å². The molecule has 0 atom stereocenters. The molecule has 0 unspecified atom stereocenters. The van der Waals surface area contributed by atoms with Crippen LogP contribution in [0.1, 0.15) is 11.1 Å². The minimum absolute atomic E-state index is 0.456. The van der Waals surface area contributed by atoms with E-state index in [2.05, 4.69) is 111 Å². The molecule has 0 saturated heterocycles. The molecule has 0 aliphatic rings. The summed E-state index contributed by atoms with van der Waals surface area (Å²) in [5.74, 6) is 0. The van der Waals surface area contributed by atoms with Crippen LogP contribution in [0.4, 0.5) is 11.4 Å². The van der Waals surface area contributed by atoms with E-state index in [1.54, 1.807) is 12.1 Å². The number of aryl methyl sites for hydroxylation is 1. The van der Waals surface area contributed by atoms with Crippen LogP contribution < -0.4 is 0 Å². The Morgan fingerprint density at radius 2 is 1.08 bits per heavy atom. The number of hydrogen-bond acceptors (Lipinski definition) is 1. The van der Waals surface area contributed by atoms with Crippen molar-refractivity contribution in [3.63, 3.8) is 0 Å². The molecular formula is C46H27N5. The van der Waals surface area contributed by atoms with Crippen molar-refractivity contribution in [1.29, 1.82) is 5.26 Å². The van der Waals surface area contributed by atoms with E-state index in [9.17, 15) is 5.26 Å². The Kier molecular flexibility index (Phi) is 6.78. The second-order valence-electron chi connectivity index (χ2n) is 12.7. The van der Waals surface area contributed by atoms with Gasteiger partial charge < -0.3 is 9.13 Å². The molecule has 0 amide bonds. The number of aromatic nitrogens is 2. The van der Waals surface area contributed by atoms with Gasteiger partial charge in [-0.3, -0.25) is 0 Å². The summed E-state index contributed by atoms with van der Waals surface area (Å²) in [6, 6.07) is 51.2. The third kappa shape index (κ3) is 4.38. The third-order valence-corrected chi connectivity index (χ3v) is 9.82. The lowest BCUT2D eigenvalue weighted by molar-refractivity contribution is 1.17. The van der Waals surface area contributed by atoms with Crippen LogP contribution in [-0.4, -0.2) is 9.13 Å². The first kappa shape index (κ1) is 29.7. The number of nitrogens with zero attached hydrogens (tertiary/aromatic N) is 5. The van der Waals surface area contributed by atoms with Gasteiger partial charge in [0.05, 0.1) is 46.8 Å². The molecule has 0 radical (unpaired) electrons. The molecule has 0 fully saturated rings. The van der Waals surface area contributed by atoms with Crippen LogP contribution in [0.25, 0.3) is 86.9 Å². The van der Waals surface area contributed by atoms with E-state index in [1.807, 2.05) is 54.6 Å². The van der Waals surface area contributed by atoms with Gasteiger partial charge in [-0.25, -0.2) is 9.69 Å². The van der Waals surface area contributed by atoms with Crippen LogP contribution in [0.3, 0.4) is 0 Å². The van der Waals surface area contributed by atoms with E-state index in [4.69, 9.17) is 13.1 Å². The standard InChI is InChI=1S/C46H27N5/c1-29-22-25-38(49-3)37(26-29)44-42-35-19-11-13-21-40(35)50(32-14-6-4-7-15-32)45(42)43(36-27-31(48-2)24-23-30(36)28-47)41-34-18-10-12-20-39(34)51(46(41)44)33-16-8-5-9-17-33/h4-27H,1H3. The highest BCUT2D eigenvalue weighted by Gasteiger charge is 2.30. The first-order chi connectivity index (χ1) is 25.1. The lowest BCUT2D eigenvalue weighted by Gasteiger charge is -2.20. The van der Waals surface area contributed by atoms with Crippen LogP contribution in [0.15, 0.2) is 146 Å². The summed E-state index contributed by atoms with van der Waals surface area (Å²) in [7, 11) is 0. The average molecular weight is 650 g/mol. The lowest BCUT2D eigenvalue weighted by Crippen LogP contribution is -2.00. The third-order valence-electron chi connectivity index (χ3n) is 9.82. The molecule has 0 aliphatic carbocycles. The SMILES string of the molecule is [C-]#[N+]c1ccc(C#N)c(-c2c3c4ccccc4n(-c4ccccc4)c3c(-c3cc(C)ccc3[N+]#[C-])c3c4ccccc4n(-c4ccccc4)c23)c1. The molecule has 5 nitrogen and oxygen atoms in total. The number of hydrogen-bond donors (Lipinski definition) is 0. The van der Waals surface area contributed by atoms with E-state index < -0.39 is 0 Å². The van der Waals surface area contributed by atoms with Crippen molar-refractivity contribution in [2.24, 2.45) is 0 Å². The Bertz CT molecular complexity index is 2990. The van der Waals surface area contributed by atoms with E-state index in [0.717, 1.165) is 77.2 Å². The Labute approximate surface area is 294 Å². The maximum absolute atomic E-state index is 10.7. The summed E-state index contributed by atoms with van der Waals surface area (Å²) in [5, 5.41) is 14.6. The zero-order valence-corrected chi connectivity index (χ0v) is 27.6. The maximum Gasteiger partial charge on any atom is 0.195 e. The van der Waals surface area contributed by atoms with Crippen molar-refractivity contribution in [2.45, 2.75) is 6.92 Å². The molecule has 2 aromatic heterocycles. The zero-order valence-electron chi connectivity index (χ0n) is 27.6. The largest absolute Gasteiger partial charge is 0.309 e. The fraction of sp³-hybridized carbons (Fsp3) is 0.0217. The van der Waals surface area contributed by atoms with Gasteiger partial charge >= 0.3 is 0 Å². The molecule has 5 heteroatoms. The molecule has 7 aromatic carbocycles. The maximum atomic E-state index is 10.7. The van der Waals surface area contributed by atoms with E-state index in [-0.39, 0.29) is 0 Å². The van der Waals surface area contributed by atoms with Crippen LogP contribution in [0, 0.1) is 31.4 Å². The Morgan fingerprint density at radius 1 is 0.549 bits per heavy atom. The van der Waals surface area contributed by atoms with Crippen LogP contribution >= 0.6 is 0 Å². The van der Waals surface area contributed by atoms with Crippen LogP contribution in [0.2, 0.25) is 0 Å². The molecule has 51 heavy (non-hydrogen) atoms. The average Bonchev–Trinajstić information content (AvgIpc) is 3.71. The fourth-order valence-electron chi connectivity index (χ4n) is 7.76. The minimum atomic E-state index is 0.456. The molecule has 2 heterocycles. The summed E-state index contributed by atoms with van der Waals surface area (Å²) in [5.41, 5.74) is 11.7. The highest BCUT2D eigenvalue weighted by atomic mass is 15.0. The van der Waals surface area contributed by atoms with Gasteiger partial charge in [-0.1, -0.05) is 109 Å². The van der Waals surface area contributed by atoms with Gasteiger partial charge in [0.15, 0.2) is 11.4 Å². The van der Waals surface area contributed by atoms with E-state index >= 15 is 0 Å². The van der Waals surface area contributed by atoms with Crippen molar-refractivity contribution >= 4 is 55.0 Å². The van der Waals surface area contributed by atoms with Gasteiger partial charge in [-0.2, -0.15) is 5.26 Å². The van der Waals surface area contributed by atoms with Crippen LogP contribution in [0.5, 0.6) is 0 Å². The highest BCUT2D eigenvalue weighted by molar-refractivity contribution is 6.34. The van der Waals surface area contributed by atoms with Gasteiger partial charge in [-0.15, -0.1) is 0 Å². The number of benzene rings is 7.